The van der Waals surface area contributed by atoms with Crippen molar-refractivity contribution >= 4 is 5.97 Å². The van der Waals surface area contributed by atoms with E-state index >= 15 is 0 Å². The first-order valence-corrected chi connectivity index (χ1v) is 18.1. The van der Waals surface area contributed by atoms with Gasteiger partial charge in [0, 0.05) is 51.3 Å². The van der Waals surface area contributed by atoms with Crippen LogP contribution in [0.5, 0.6) is 0 Å². The molecule has 15 unspecified atom stereocenters. The fourth-order valence-electron chi connectivity index (χ4n) is 7.45. The van der Waals surface area contributed by atoms with Crippen LogP contribution in [0, 0.1) is 17.8 Å². The van der Waals surface area contributed by atoms with Gasteiger partial charge >= 0.3 is 29.6 Å². The van der Waals surface area contributed by atoms with Gasteiger partial charge < -0.3 is 78.8 Å². The zero-order valence-electron chi connectivity index (χ0n) is 30.6. The summed E-state index contributed by atoms with van der Waals surface area (Å²) in [4.78, 5) is 10.8. The molecule has 3 saturated heterocycles. The molecule has 0 radical (unpaired) electrons. The molecule has 3 aliphatic heterocycles. The van der Waals surface area contributed by atoms with Gasteiger partial charge in [-0.2, -0.15) is 0 Å². The average molecular weight is 749 g/mol. The van der Waals surface area contributed by atoms with Gasteiger partial charge in [-0.15, -0.1) is 0 Å². The van der Waals surface area contributed by atoms with Gasteiger partial charge in [0.15, 0.2) is 0 Å². The van der Waals surface area contributed by atoms with E-state index in [2.05, 4.69) is 0 Å². The molecule has 16 nitrogen and oxygen atoms in total. The van der Waals surface area contributed by atoms with Crippen molar-refractivity contribution in [2.45, 2.75) is 132 Å². The fraction of sp³-hybridized carbons (Fsp3) is 0.971. The molecule has 0 spiro atoms. The largest absolute Gasteiger partial charge is 1.00 e. The normalized spacial score (nSPS) is 38.7. The number of hydrogen-bond acceptors (Lipinski definition) is 16. The number of ether oxygens (including phenoxy) is 7. The van der Waals surface area contributed by atoms with E-state index in [-0.39, 0.29) is 94.4 Å². The van der Waals surface area contributed by atoms with E-state index in [1.807, 2.05) is 13.8 Å². The van der Waals surface area contributed by atoms with Crippen molar-refractivity contribution in [3.63, 3.8) is 0 Å². The Morgan fingerprint density at radius 1 is 0.588 bits per heavy atom. The third-order valence-electron chi connectivity index (χ3n) is 10.3. The molecule has 0 aromatic heterocycles. The van der Waals surface area contributed by atoms with Gasteiger partial charge in [-0.1, -0.05) is 20.3 Å². The van der Waals surface area contributed by atoms with Gasteiger partial charge in [0.2, 0.25) is 0 Å². The van der Waals surface area contributed by atoms with Crippen LogP contribution in [0.1, 0.15) is 58.8 Å². The summed E-state index contributed by atoms with van der Waals surface area (Å²) in [5, 5.41) is 85.1. The summed E-state index contributed by atoms with van der Waals surface area (Å²) < 4.78 is 40.2. The van der Waals surface area contributed by atoms with Crippen molar-refractivity contribution in [3.8, 4) is 0 Å². The molecule has 17 heteroatoms. The molecule has 0 bridgehead atoms. The number of carboxylic acids is 1. The smallest absolute Gasteiger partial charge is 0.548 e. The van der Waals surface area contributed by atoms with Crippen LogP contribution < -0.4 is 34.7 Å². The number of aliphatic hydroxyl groups is 7. The number of rotatable bonds is 22. The molecule has 0 aromatic rings. The molecule has 3 heterocycles. The van der Waals surface area contributed by atoms with E-state index in [0.717, 1.165) is 0 Å². The Morgan fingerprint density at radius 2 is 1.04 bits per heavy atom. The summed E-state index contributed by atoms with van der Waals surface area (Å²) in [7, 11) is 1.54. The van der Waals surface area contributed by atoms with E-state index in [1.54, 1.807) is 0 Å². The molecular formula is C34H61NaO16. The van der Waals surface area contributed by atoms with Gasteiger partial charge in [0.05, 0.1) is 87.3 Å². The second-order valence-electron chi connectivity index (χ2n) is 13.7. The van der Waals surface area contributed by atoms with Crippen molar-refractivity contribution in [1.82, 2.24) is 0 Å². The number of methoxy groups -OCH3 is 1. The predicted octanol–water partition coefficient (Wildman–Crippen LogP) is -5.48. The number of carbonyl (C=O) groups excluding carboxylic acids is 1. The second kappa shape index (κ2) is 24.4. The Kier molecular flexibility index (Phi) is 22.5. The minimum absolute atomic E-state index is 0. The second-order valence-corrected chi connectivity index (χ2v) is 13.7. The topological polar surface area (TPSA) is 246 Å². The van der Waals surface area contributed by atoms with Crippen LogP contribution in [-0.2, 0) is 38.0 Å². The number of carboxylic acid groups (broad SMARTS) is 1. The molecule has 0 saturated carbocycles. The Balaban J connectivity index is 0.00000901. The minimum Gasteiger partial charge on any atom is -0.548 e. The first-order chi connectivity index (χ1) is 24.0. The quantitative estimate of drug-likeness (QED) is 0.0403. The Morgan fingerprint density at radius 3 is 1.53 bits per heavy atom. The van der Waals surface area contributed by atoms with Crippen molar-refractivity contribution < 1.29 is 108 Å². The van der Waals surface area contributed by atoms with Crippen molar-refractivity contribution in [3.05, 3.63) is 0 Å². The van der Waals surface area contributed by atoms with Crippen LogP contribution >= 0.6 is 0 Å². The van der Waals surface area contributed by atoms with E-state index in [1.165, 1.54) is 7.11 Å². The first-order valence-electron chi connectivity index (χ1n) is 18.1. The minimum atomic E-state index is -1.38. The maximum Gasteiger partial charge on any atom is 1.00 e. The zero-order valence-corrected chi connectivity index (χ0v) is 32.6. The third kappa shape index (κ3) is 13.6. The molecule has 0 aromatic carbocycles. The van der Waals surface area contributed by atoms with Crippen LogP contribution in [0.4, 0.5) is 0 Å². The molecule has 3 rings (SSSR count). The number of aliphatic hydroxyl groups excluding tert-OH is 7. The molecule has 51 heavy (non-hydrogen) atoms. The maximum atomic E-state index is 11.1. The molecule has 0 aliphatic carbocycles. The average Bonchev–Trinajstić information content (AvgIpc) is 3.09. The van der Waals surface area contributed by atoms with Crippen molar-refractivity contribution in [2.24, 2.45) is 17.8 Å². The number of carbonyl (C=O) groups is 1. The number of hydrogen-bond donors (Lipinski definition) is 7. The van der Waals surface area contributed by atoms with Crippen LogP contribution in [0.3, 0.4) is 0 Å². The van der Waals surface area contributed by atoms with E-state index < -0.39 is 97.7 Å². The Bertz CT molecular complexity index is 950. The van der Waals surface area contributed by atoms with Gasteiger partial charge in [-0.25, -0.2) is 0 Å². The van der Waals surface area contributed by atoms with E-state index in [9.17, 15) is 45.6 Å². The molecular weight excluding hydrogens is 687 g/mol. The Labute approximate surface area is 322 Å². The van der Waals surface area contributed by atoms with Crippen LogP contribution in [0.2, 0.25) is 0 Å². The third-order valence-corrected chi connectivity index (χ3v) is 10.3. The summed E-state index contributed by atoms with van der Waals surface area (Å²) >= 11 is 0. The Hall–Kier alpha value is -0.0900. The fourth-order valence-corrected chi connectivity index (χ4v) is 7.45. The summed E-state index contributed by atoms with van der Waals surface area (Å²) in [5.41, 5.74) is 0. The summed E-state index contributed by atoms with van der Waals surface area (Å²) in [6.45, 7) is 3.63. The van der Waals surface area contributed by atoms with Crippen LogP contribution in [-0.4, -0.2) is 175 Å². The summed E-state index contributed by atoms with van der Waals surface area (Å²) in [6.07, 6.45) is -7.77. The number of aliphatic carboxylic acids is 1. The van der Waals surface area contributed by atoms with Gasteiger partial charge in [0.25, 0.3) is 0 Å². The molecule has 0 amide bonds. The maximum absolute atomic E-state index is 11.1. The predicted molar refractivity (Wildman–Crippen MR) is 173 cm³/mol. The summed E-state index contributed by atoms with van der Waals surface area (Å²) in [6, 6.07) is 0. The molecule has 3 fully saturated rings. The van der Waals surface area contributed by atoms with Crippen molar-refractivity contribution in [2.75, 3.05) is 60.0 Å². The molecule has 15 atom stereocenters. The summed E-state index contributed by atoms with van der Waals surface area (Å²) in [5.74, 6) is -2.83. The monoisotopic (exact) mass is 748 g/mol. The van der Waals surface area contributed by atoms with E-state index in [0.29, 0.717) is 32.3 Å². The SMILES string of the molecule is CCCC1OC(COCC(=O)[O-])C(CCOCCC2OC(COCCC3OC(CO)C(CC)C(O)C3O)C(CCOC)C(O)C2O)C(O)C1O.[Na+]. The molecule has 294 valence electrons. The van der Waals surface area contributed by atoms with E-state index in [4.69, 9.17) is 33.2 Å². The molecule has 3 aliphatic rings. The van der Waals surface area contributed by atoms with Gasteiger partial charge in [-0.3, -0.25) is 0 Å². The zero-order chi connectivity index (χ0) is 36.8. The van der Waals surface area contributed by atoms with Gasteiger partial charge in [-0.05, 0) is 38.5 Å². The molecule has 7 N–H and O–H groups in total. The van der Waals surface area contributed by atoms with Crippen LogP contribution in [0.25, 0.3) is 0 Å². The standard InChI is InChI=1S/C34H62O16.Na/c1-4-6-22-32(41)31(40)21(27(49-22)17-47-18-28(36)37)8-12-45-13-9-24-34(43)30(39)20(7-11-44-3)26(50-24)16-46-14-10-23-33(42)29(38)19(5-2)25(15-35)48-23;/h19-27,29-35,38-43H,4-18H2,1-3H3,(H,36,37);/q;+1/p-1. The van der Waals surface area contributed by atoms with Crippen LogP contribution in [0.15, 0.2) is 0 Å². The van der Waals surface area contributed by atoms with Gasteiger partial charge in [0.1, 0.15) is 18.3 Å². The first kappa shape index (κ1) is 47.1. The van der Waals surface area contributed by atoms with Crippen molar-refractivity contribution in [1.29, 1.82) is 0 Å².